The zero-order chi connectivity index (χ0) is 41.8. The molecule has 3 N–H and O–H groups in total. The van der Waals surface area contributed by atoms with Crippen LogP contribution < -0.4 is 5.73 Å². The molecule has 0 heterocycles. The molecule has 2 atom stereocenters. The molecule has 10 heteroatoms. The zero-order valence-corrected chi connectivity index (χ0v) is 36.7. The minimum absolute atomic E-state index is 0.0366. The molecule has 9 nitrogen and oxygen atoms in total. The number of phosphoric ester groups is 1. The van der Waals surface area contributed by atoms with Crippen LogP contribution in [0.1, 0.15) is 168 Å². The molecule has 0 bridgehead atoms. The molecule has 0 spiro atoms. The zero-order valence-electron chi connectivity index (χ0n) is 35.8. The van der Waals surface area contributed by atoms with E-state index >= 15 is 0 Å². The van der Waals surface area contributed by atoms with E-state index in [0.717, 1.165) is 57.8 Å². The van der Waals surface area contributed by atoms with Crippen molar-refractivity contribution in [1.82, 2.24) is 0 Å². The van der Waals surface area contributed by atoms with E-state index in [9.17, 15) is 19.0 Å². The number of unbranched alkanes of at least 4 members (excludes halogenated alkanes) is 13. The van der Waals surface area contributed by atoms with Gasteiger partial charge in [0, 0.05) is 19.4 Å². The summed E-state index contributed by atoms with van der Waals surface area (Å²) in [6.45, 7) is 3.58. The first kappa shape index (κ1) is 54.2. The summed E-state index contributed by atoms with van der Waals surface area (Å²) < 4.78 is 32.7. The fourth-order valence-corrected chi connectivity index (χ4v) is 6.22. The van der Waals surface area contributed by atoms with Gasteiger partial charge in [-0.15, -0.1) is 0 Å². The van der Waals surface area contributed by atoms with E-state index < -0.39 is 32.5 Å². The van der Waals surface area contributed by atoms with Crippen LogP contribution in [0, 0.1) is 0 Å². The molecule has 0 saturated heterocycles. The minimum Gasteiger partial charge on any atom is -0.462 e. The highest BCUT2D eigenvalue weighted by Gasteiger charge is 2.25. The third-order valence-electron chi connectivity index (χ3n) is 8.75. The SMILES string of the molecule is CCCCC/C=C/C/C=C/C/C=C/C/C=C/CCCCCC(=O)OC[C@H](COP(=O)(O)OCCN)OC(=O)CCC/C=C/C/C=C/C/C=C/CCCCCCCC. The first-order chi connectivity index (χ1) is 27.8. The number of phosphoric acid groups is 1. The lowest BCUT2D eigenvalue weighted by Crippen LogP contribution is -2.29. The quantitative estimate of drug-likeness (QED) is 0.0268. The Labute approximate surface area is 347 Å². The molecule has 0 aromatic rings. The molecule has 1 unspecified atom stereocenters. The van der Waals surface area contributed by atoms with Crippen molar-refractivity contribution in [3.8, 4) is 0 Å². The normalized spacial score (nSPS) is 14.1. The van der Waals surface area contributed by atoms with Gasteiger partial charge in [-0.25, -0.2) is 4.57 Å². The highest BCUT2D eigenvalue weighted by molar-refractivity contribution is 7.47. The molecule has 57 heavy (non-hydrogen) atoms. The van der Waals surface area contributed by atoms with Crippen LogP contribution in [0.5, 0.6) is 0 Å². The lowest BCUT2D eigenvalue weighted by atomic mass is 10.1. The van der Waals surface area contributed by atoms with Crippen LogP contribution >= 0.6 is 7.82 Å². The lowest BCUT2D eigenvalue weighted by molar-refractivity contribution is -0.161. The van der Waals surface area contributed by atoms with Gasteiger partial charge in [0.2, 0.25) is 0 Å². The predicted octanol–water partition coefficient (Wildman–Crippen LogP) is 12.8. The van der Waals surface area contributed by atoms with E-state index in [1.807, 2.05) is 6.08 Å². The molecule has 0 saturated carbocycles. The number of carbonyl (C=O) groups excluding carboxylic acids is 2. The monoisotopic (exact) mass is 818 g/mol. The number of hydrogen-bond acceptors (Lipinski definition) is 8. The summed E-state index contributed by atoms with van der Waals surface area (Å²) in [5.74, 6) is -0.933. The predicted molar refractivity (Wildman–Crippen MR) is 238 cm³/mol. The van der Waals surface area contributed by atoms with E-state index in [-0.39, 0.29) is 32.6 Å². The molecule has 0 aliphatic carbocycles. The summed E-state index contributed by atoms with van der Waals surface area (Å²) >= 11 is 0. The van der Waals surface area contributed by atoms with Gasteiger partial charge in [0.1, 0.15) is 6.61 Å². The summed E-state index contributed by atoms with van der Waals surface area (Å²) in [6.07, 6.45) is 53.3. The number of carbonyl (C=O) groups is 2. The molecule has 0 fully saturated rings. The summed E-state index contributed by atoms with van der Waals surface area (Å²) in [7, 11) is -4.40. The van der Waals surface area contributed by atoms with Gasteiger partial charge in [0.05, 0.1) is 13.2 Å². The fraction of sp³-hybridized carbons (Fsp3) is 0.660. The second-order valence-corrected chi connectivity index (χ2v) is 15.7. The van der Waals surface area contributed by atoms with Crippen LogP contribution in [0.2, 0.25) is 0 Å². The van der Waals surface area contributed by atoms with Crippen LogP contribution in [-0.4, -0.2) is 49.3 Å². The number of hydrogen-bond donors (Lipinski definition) is 2. The van der Waals surface area contributed by atoms with Crippen molar-refractivity contribution in [2.75, 3.05) is 26.4 Å². The average Bonchev–Trinajstić information content (AvgIpc) is 3.20. The number of ether oxygens (including phenoxy) is 2. The van der Waals surface area contributed by atoms with Crippen molar-refractivity contribution in [2.24, 2.45) is 5.73 Å². The molecule has 0 amide bonds. The second kappa shape index (κ2) is 42.8. The Hall–Kier alpha value is -2.81. The van der Waals surface area contributed by atoms with Crippen LogP contribution in [0.3, 0.4) is 0 Å². The highest BCUT2D eigenvalue weighted by atomic mass is 31.2. The van der Waals surface area contributed by atoms with Crippen molar-refractivity contribution >= 4 is 19.8 Å². The largest absolute Gasteiger partial charge is 0.472 e. The van der Waals surface area contributed by atoms with Crippen molar-refractivity contribution < 1.29 is 37.6 Å². The van der Waals surface area contributed by atoms with E-state index in [4.69, 9.17) is 24.3 Å². The molecule has 0 aromatic carbocycles. The minimum atomic E-state index is -4.40. The van der Waals surface area contributed by atoms with E-state index in [2.05, 4.69) is 92.8 Å². The third-order valence-corrected chi connectivity index (χ3v) is 9.74. The summed E-state index contributed by atoms with van der Waals surface area (Å²) in [6, 6.07) is 0. The maximum Gasteiger partial charge on any atom is 0.472 e. The molecule has 0 radical (unpaired) electrons. The Bertz CT molecular complexity index is 1210. The molecular weight excluding hydrogens is 737 g/mol. The standard InChI is InChI=1S/C47H80NO8P/c1-3-5-7-9-11-13-15-17-19-21-22-24-25-27-29-31-33-35-37-39-46(49)53-43-45(44-55-57(51,52)54-42-41-48)56-47(50)40-38-36-34-32-30-28-26-23-20-18-16-14-12-10-8-6-4-2/h11,13,17-20,22,24,26-29,32,34,45H,3-10,12,14-16,21,23,25,30-31,33,35-44,48H2,1-2H3,(H,51,52)/b13-11+,19-17+,20-18+,24-22+,28-26+,29-27+,34-32+/t45-/m1/s1. The number of allylic oxidation sites excluding steroid dienone is 14. The van der Waals surface area contributed by atoms with Gasteiger partial charge in [0.15, 0.2) is 6.10 Å². The number of rotatable bonds is 40. The fourth-order valence-electron chi connectivity index (χ4n) is 5.46. The van der Waals surface area contributed by atoms with E-state index in [1.54, 1.807) is 0 Å². The molecule has 0 rings (SSSR count). The van der Waals surface area contributed by atoms with Crippen LogP contribution in [0.4, 0.5) is 0 Å². The van der Waals surface area contributed by atoms with Gasteiger partial charge >= 0.3 is 19.8 Å². The van der Waals surface area contributed by atoms with Crippen LogP contribution in [0.15, 0.2) is 85.1 Å². The van der Waals surface area contributed by atoms with Crippen molar-refractivity contribution in [2.45, 2.75) is 174 Å². The Balaban J connectivity index is 4.31. The van der Waals surface area contributed by atoms with E-state index in [0.29, 0.717) is 19.3 Å². The highest BCUT2D eigenvalue weighted by Crippen LogP contribution is 2.43. The van der Waals surface area contributed by atoms with Crippen LogP contribution in [0.25, 0.3) is 0 Å². The van der Waals surface area contributed by atoms with Crippen LogP contribution in [-0.2, 0) is 32.7 Å². The van der Waals surface area contributed by atoms with Crippen molar-refractivity contribution in [3.05, 3.63) is 85.1 Å². The average molecular weight is 818 g/mol. The first-order valence-electron chi connectivity index (χ1n) is 22.1. The summed E-state index contributed by atoms with van der Waals surface area (Å²) in [5.41, 5.74) is 5.34. The second-order valence-electron chi connectivity index (χ2n) is 14.2. The Kier molecular flexibility index (Phi) is 40.7. The lowest BCUT2D eigenvalue weighted by Gasteiger charge is -2.19. The molecule has 0 aromatic heterocycles. The Morgan fingerprint density at radius 1 is 0.526 bits per heavy atom. The van der Waals surface area contributed by atoms with Gasteiger partial charge < -0.3 is 20.1 Å². The first-order valence-corrected chi connectivity index (χ1v) is 23.6. The van der Waals surface area contributed by atoms with Gasteiger partial charge in [0.25, 0.3) is 0 Å². The number of nitrogens with two attached hydrogens (primary N) is 1. The third kappa shape index (κ3) is 42.6. The smallest absolute Gasteiger partial charge is 0.462 e. The van der Waals surface area contributed by atoms with Gasteiger partial charge in [-0.3, -0.25) is 18.6 Å². The molecule has 326 valence electrons. The molecule has 0 aliphatic rings. The van der Waals surface area contributed by atoms with Gasteiger partial charge in [-0.2, -0.15) is 0 Å². The summed E-state index contributed by atoms with van der Waals surface area (Å²) in [4.78, 5) is 34.9. The Morgan fingerprint density at radius 2 is 0.930 bits per heavy atom. The van der Waals surface area contributed by atoms with E-state index in [1.165, 1.54) is 64.2 Å². The van der Waals surface area contributed by atoms with Gasteiger partial charge in [-0.1, -0.05) is 150 Å². The number of esters is 2. The van der Waals surface area contributed by atoms with Gasteiger partial charge in [-0.05, 0) is 89.9 Å². The topological polar surface area (TPSA) is 134 Å². The maximum absolute atomic E-state index is 12.6. The maximum atomic E-state index is 12.6. The molecular formula is C47H80NO8P. The molecule has 0 aliphatic heterocycles. The van der Waals surface area contributed by atoms with Crippen molar-refractivity contribution in [3.63, 3.8) is 0 Å². The summed E-state index contributed by atoms with van der Waals surface area (Å²) in [5, 5.41) is 0. The Morgan fingerprint density at radius 3 is 1.44 bits per heavy atom. The van der Waals surface area contributed by atoms with Crippen molar-refractivity contribution in [1.29, 1.82) is 0 Å².